The van der Waals surface area contributed by atoms with Crippen LogP contribution in [0.4, 0.5) is 15.8 Å². The van der Waals surface area contributed by atoms with Crippen molar-refractivity contribution in [3.8, 4) is 0 Å². The van der Waals surface area contributed by atoms with Gasteiger partial charge in [0.2, 0.25) is 5.91 Å². The van der Waals surface area contributed by atoms with E-state index >= 15 is 0 Å². The van der Waals surface area contributed by atoms with E-state index < -0.39 is 28.3 Å². The average molecular weight is 477 g/mol. The summed E-state index contributed by atoms with van der Waals surface area (Å²) in [6.07, 6.45) is 0. The summed E-state index contributed by atoms with van der Waals surface area (Å²) in [5.41, 5.74) is 1.63. The quantitative estimate of drug-likeness (QED) is 0.558. The molecule has 1 N–H and O–H groups in total. The summed E-state index contributed by atoms with van der Waals surface area (Å²) in [5.74, 6) is -1.02. The van der Waals surface area contributed by atoms with Crippen LogP contribution in [0.15, 0.2) is 82.2 Å². The summed E-state index contributed by atoms with van der Waals surface area (Å²) in [6.45, 7) is 1.39. The first-order valence-electron chi connectivity index (χ1n) is 8.66. The van der Waals surface area contributed by atoms with Crippen LogP contribution in [-0.2, 0) is 14.8 Å². The van der Waals surface area contributed by atoms with Crippen molar-refractivity contribution in [1.29, 1.82) is 0 Å². The van der Waals surface area contributed by atoms with Crippen LogP contribution in [0, 0.1) is 12.7 Å². The number of anilines is 2. The number of carbonyl (C=O) groups excluding carboxylic acids is 1. The first-order valence-corrected chi connectivity index (χ1v) is 10.9. The zero-order valence-corrected chi connectivity index (χ0v) is 17.9. The molecule has 0 heterocycles. The lowest BCUT2D eigenvalue weighted by Crippen LogP contribution is -2.38. The van der Waals surface area contributed by atoms with E-state index in [0.29, 0.717) is 5.69 Å². The third-order valence-corrected chi connectivity index (χ3v) is 6.46. The van der Waals surface area contributed by atoms with Gasteiger partial charge in [0.05, 0.1) is 10.6 Å². The second kappa shape index (κ2) is 8.75. The van der Waals surface area contributed by atoms with Gasteiger partial charge in [-0.3, -0.25) is 9.10 Å². The van der Waals surface area contributed by atoms with E-state index in [-0.39, 0.29) is 10.6 Å². The molecule has 0 saturated heterocycles. The molecule has 3 aromatic rings. The molecule has 0 aliphatic rings. The molecule has 8 heteroatoms. The van der Waals surface area contributed by atoms with E-state index in [2.05, 4.69) is 21.2 Å². The molecule has 0 aliphatic heterocycles. The number of carbonyl (C=O) groups is 1. The Labute approximate surface area is 177 Å². The predicted molar refractivity (Wildman–Crippen MR) is 115 cm³/mol. The van der Waals surface area contributed by atoms with Gasteiger partial charge in [0.15, 0.2) is 0 Å². The van der Waals surface area contributed by atoms with Crippen LogP contribution in [0.1, 0.15) is 5.56 Å². The van der Waals surface area contributed by atoms with Crippen LogP contribution in [0.5, 0.6) is 0 Å². The van der Waals surface area contributed by atoms with Crippen molar-refractivity contribution in [2.75, 3.05) is 16.2 Å². The lowest BCUT2D eigenvalue weighted by atomic mass is 10.2. The highest BCUT2D eigenvalue weighted by atomic mass is 79.9. The number of rotatable bonds is 6. The van der Waals surface area contributed by atoms with Crippen LogP contribution in [0.25, 0.3) is 0 Å². The maximum absolute atomic E-state index is 13.3. The molecule has 0 aromatic heterocycles. The van der Waals surface area contributed by atoms with Gasteiger partial charge in [0.25, 0.3) is 10.0 Å². The van der Waals surface area contributed by atoms with E-state index in [0.717, 1.165) is 26.5 Å². The number of benzene rings is 3. The Kier molecular flexibility index (Phi) is 6.34. The largest absolute Gasteiger partial charge is 0.325 e. The Morgan fingerprint density at radius 1 is 0.966 bits per heavy atom. The second-order valence-electron chi connectivity index (χ2n) is 6.36. The summed E-state index contributed by atoms with van der Waals surface area (Å²) in [7, 11) is -4.04. The summed E-state index contributed by atoms with van der Waals surface area (Å²) in [6, 6.07) is 18.2. The molecule has 150 valence electrons. The fourth-order valence-corrected chi connectivity index (χ4v) is 4.31. The molecule has 0 saturated carbocycles. The van der Waals surface area contributed by atoms with Crippen molar-refractivity contribution in [3.63, 3.8) is 0 Å². The monoisotopic (exact) mass is 476 g/mol. The van der Waals surface area contributed by atoms with Crippen LogP contribution in [0.3, 0.4) is 0 Å². The highest BCUT2D eigenvalue weighted by Crippen LogP contribution is 2.24. The van der Waals surface area contributed by atoms with E-state index in [4.69, 9.17) is 0 Å². The Balaban J connectivity index is 1.92. The molecular weight excluding hydrogens is 459 g/mol. The SMILES string of the molecule is Cc1ccc(S(=O)(=O)N(CC(=O)Nc2ccc(Br)cc2)c2ccc(F)cc2)cc1. The lowest BCUT2D eigenvalue weighted by Gasteiger charge is -2.24. The zero-order chi connectivity index (χ0) is 21.0. The number of sulfonamides is 1. The van der Waals surface area contributed by atoms with Crippen molar-refractivity contribution < 1.29 is 17.6 Å². The molecule has 0 aliphatic carbocycles. The molecule has 0 spiro atoms. The number of hydrogen-bond donors (Lipinski definition) is 1. The third kappa shape index (κ3) is 5.21. The van der Waals surface area contributed by atoms with Gasteiger partial charge in [-0.2, -0.15) is 0 Å². The molecule has 0 atom stereocenters. The van der Waals surface area contributed by atoms with E-state index in [9.17, 15) is 17.6 Å². The topological polar surface area (TPSA) is 66.5 Å². The fraction of sp³-hybridized carbons (Fsp3) is 0.0952. The number of nitrogens with one attached hydrogen (secondary N) is 1. The molecular formula is C21H18BrFN2O3S. The molecule has 3 rings (SSSR count). The van der Waals surface area contributed by atoms with E-state index in [1.807, 2.05) is 6.92 Å². The zero-order valence-electron chi connectivity index (χ0n) is 15.5. The van der Waals surface area contributed by atoms with Gasteiger partial charge in [0, 0.05) is 10.2 Å². The van der Waals surface area contributed by atoms with Crippen molar-refractivity contribution in [2.24, 2.45) is 0 Å². The van der Waals surface area contributed by atoms with Crippen LogP contribution in [-0.4, -0.2) is 20.9 Å². The Morgan fingerprint density at radius 3 is 2.14 bits per heavy atom. The minimum Gasteiger partial charge on any atom is -0.325 e. The first-order chi connectivity index (χ1) is 13.8. The summed E-state index contributed by atoms with van der Waals surface area (Å²) in [5, 5.41) is 2.67. The Morgan fingerprint density at radius 2 is 1.55 bits per heavy atom. The molecule has 29 heavy (non-hydrogen) atoms. The van der Waals surface area contributed by atoms with Crippen molar-refractivity contribution in [1.82, 2.24) is 0 Å². The van der Waals surface area contributed by atoms with Gasteiger partial charge in [-0.15, -0.1) is 0 Å². The standard InChI is InChI=1S/C21H18BrFN2O3S/c1-15-2-12-20(13-3-15)29(27,28)25(19-10-6-17(23)7-11-19)14-21(26)24-18-8-4-16(22)5-9-18/h2-13H,14H2,1H3,(H,24,26). The Hall–Kier alpha value is -2.71. The van der Waals surface area contributed by atoms with Gasteiger partial charge in [-0.25, -0.2) is 12.8 Å². The minimum absolute atomic E-state index is 0.0452. The van der Waals surface area contributed by atoms with Crippen molar-refractivity contribution >= 4 is 43.2 Å². The highest BCUT2D eigenvalue weighted by molar-refractivity contribution is 9.10. The predicted octanol–water partition coefficient (Wildman–Crippen LogP) is 4.73. The smallest absolute Gasteiger partial charge is 0.264 e. The maximum atomic E-state index is 13.3. The molecule has 1 amide bonds. The average Bonchev–Trinajstić information content (AvgIpc) is 2.69. The molecule has 3 aromatic carbocycles. The lowest BCUT2D eigenvalue weighted by molar-refractivity contribution is -0.114. The number of halogens is 2. The number of amides is 1. The van der Waals surface area contributed by atoms with Crippen molar-refractivity contribution in [2.45, 2.75) is 11.8 Å². The highest BCUT2D eigenvalue weighted by Gasteiger charge is 2.27. The van der Waals surface area contributed by atoms with Gasteiger partial charge in [-0.1, -0.05) is 33.6 Å². The minimum atomic E-state index is -4.04. The van der Waals surface area contributed by atoms with Crippen LogP contribution >= 0.6 is 15.9 Å². The van der Waals surface area contributed by atoms with Gasteiger partial charge >= 0.3 is 0 Å². The summed E-state index contributed by atoms with van der Waals surface area (Å²) >= 11 is 3.31. The van der Waals surface area contributed by atoms with E-state index in [1.165, 1.54) is 24.3 Å². The maximum Gasteiger partial charge on any atom is 0.264 e. The van der Waals surface area contributed by atoms with Crippen molar-refractivity contribution in [3.05, 3.63) is 88.6 Å². The normalized spacial score (nSPS) is 11.1. The molecule has 0 bridgehead atoms. The summed E-state index contributed by atoms with van der Waals surface area (Å²) < 4.78 is 41.6. The molecule has 5 nitrogen and oxygen atoms in total. The fourth-order valence-electron chi connectivity index (χ4n) is 2.62. The summed E-state index contributed by atoms with van der Waals surface area (Å²) in [4.78, 5) is 12.6. The van der Waals surface area contributed by atoms with Gasteiger partial charge in [-0.05, 0) is 67.6 Å². The molecule has 0 radical (unpaired) electrons. The van der Waals surface area contributed by atoms with Gasteiger partial charge in [0.1, 0.15) is 12.4 Å². The number of aryl methyl sites for hydroxylation is 1. The number of hydrogen-bond acceptors (Lipinski definition) is 3. The number of nitrogens with zero attached hydrogens (tertiary/aromatic N) is 1. The van der Waals surface area contributed by atoms with Gasteiger partial charge < -0.3 is 5.32 Å². The third-order valence-electron chi connectivity index (χ3n) is 4.14. The molecule has 0 fully saturated rings. The first kappa shape index (κ1) is 21.0. The molecule has 0 unspecified atom stereocenters. The second-order valence-corrected chi connectivity index (χ2v) is 9.13. The van der Waals surface area contributed by atoms with Crippen LogP contribution in [0.2, 0.25) is 0 Å². The van der Waals surface area contributed by atoms with Crippen LogP contribution < -0.4 is 9.62 Å². The van der Waals surface area contributed by atoms with E-state index in [1.54, 1.807) is 36.4 Å². The Bertz CT molecular complexity index is 1100.